The van der Waals surface area contributed by atoms with E-state index in [-0.39, 0.29) is 16.8 Å². The highest BCUT2D eigenvalue weighted by molar-refractivity contribution is 7.92. The van der Waals surface area contributed by atoms with Gasteiger partial charge in [-0.1, -0.05) is 18.2 Å². The third kappa shape index (κ3) is 4.80. The summed E-state index contributed by atoms with van der Waals surface area (Å²) < 4.78 is 27.2. The Balaban J connectivity index is 1.62. The number of carbonyl (C=O) groups is 1. The molecule has 0 radical (unpaired) electrons. The summed E-state index contributed by atoms with van der Waals surface area (Å²) in [5.41, 5.74) is 1.09. The Morgan fingerprint density at radius 2 is 1.76 bits per heavy atom. The maximum Gasteiger partial charge on any atom is 0.261 e. The third-order valence-corrected chi connectivity index (χ3v) is 5.47. The molecule has 1 aliphatic rings. The van der Waals surface area contributed by atoms with Crippen molar-refractivity contribution in [2.75, 3.05) is 16.6 Å². The van der Waals surface area contributed by atoms with Gasteiger partial charge in [0.05, 0.1) is 4.90 Å². The average molecular weight is 359 g/mol. The monoisotopic (exact) mass is 359 g/mol. The summed E-state index contributed by atoms with van der Waals surface area (Å²) in [6.07, 6.45) is 2.53. The second-order valence-corrected chi connectivity index (χ2v) is 7.72. The van der Waals surface area contributed by atoms with Crippen LogP contribution in [0.5, 0.6) is 0 Å². The molecule has 1 heterocycles. The lowest BCUT2D eigenvalue weighted by Crippen LogP contribution is -2.27. The highest BCUT2D eigenvalue weighted by Crippen LogP contribution is 2.18. The number of hydrogen-bond acceptors (Lipinski definition) is 4. The quantitative estimate of drug-likeness (QED) is 0.740. The molecule has 132 valence electrons. The fourth-order valence-corrected chi connectivity index (χ4v) is 3.86. The Morgan fingerprint density at radius 3 is 2.40 bits per heavy atom. The fraction of sp³-hybridized carbons (Fsp3) is 0.278. The minimum absolute atomic E-state index is 0.0718. The van der Waals surface area contributed by atoms with Crippen molar-refractivity contribution in [3.63, 3.8) is 0 Å². The molecule has 0 aromatic heterocycles. The first-order chi connectivity index (χ1) is 12.0. The van der Waals surface area contributed by atoms with Gasteiger partial charge >= 0.3 is 0 Å². The van der Waals surface area contributed by atoms with E-state index in [1.807, 2.05) is 6.07 Å². The molecule has 1 amide bonds. The van der Waals surface area contributed by atoms with Gasteiger partial charge in [-0.15, -0.1) is 0 Å². The minimum Gasteiger partial charge on any atom is -0.326 e. The Hall–Kier alpha value is -2.38. The number of amides is 1. The summed E-state index contributed by atoms with van der Waals surface area (Å²) in [6.45, 7) is 0.957. The molecular weight excluding hydrogens is 338 g/mol. The van der Waals surface area contributed by atoms with Crippen LogP contribution in [0.2, 0.25) is 0 Å². The van der Waals surface area contributed by atoms with Crippen molar-refractivity contribution >= 4 is 27.3 Å². The highest BCUT2D eigenvalue weighted by Gasteiger charge is 2.18. The van der Waals surface area contributed by atoms with Crippen molar-refractivity contribution in [1.82, 2.24) is 5.32 Å². The maximum absolute atomic E-state index is 12.4. The van der Waals surface area contributed by atoms with Gasteiger partial charge in [0.25, 0.3) is 10.0 Å². The Bertz CT molecular complexity index is 814. The van der Waals surface area contributed by atoms with Crippen LogP contribution in [-0.4, -0.2) is 26.9 Å². The summed E-state index contributed by atoms with van der Waals surface area (Å²) in [7, 11) is -3.65. The molecule has 25 heavy (non-hydrogen) atoms. The van der Waals surface area contributed by atoms with E-state index in [1.54, 1.807) is 36.4 Å². The van der Waals surface area contributed by atoms with Gasteiger partial charge in [0.1, 0.15) is 0 Å². The van der Waals surface area contributed by atoms with Gasteiger partial charge in [0, 0.05) is 23.8 Å². The van der Waals surface area contributed by atoms with Crippen molar-refractivity contribution < 1.29 is 13.2 Å². The predicted molar refractivity (Wildman–Crippen MR) is 98.0 cm³/mol. The molecule has 1 unspecified atom stereocenters. The molecule has 2 aromatic rings. The molecule has 2 aromatic carbocycles. The zero-order valence-corrected chi connectivity index (χ0v) is 14.6. The largest absolute Gasteiger partial charge is 0.326 e. The van der Waals surface area contributed by atoms with Gasteiger partial charge in [-0.2, -0.15) is 0 Å². The Labute approximate surface area is 147 Å². The minimum atomic E-state index is -3.65. The molecule has 3 N–H and O–H groups in total. The van der Waals surface area contributed by atoms with Gasteiger partial charge in [-0.05, 0) is 55.8 Å². The number of anilines is 2. The Morgan fingerprint density at radius 1 is 1.04 bits per heavy atom. The second-order valence-electron chi connectivity index (χ2n) is 6.04. The maximum atomic E-state index is 12.4. The lowest BCUT2D eigenvalue weighted by atomic mass is 10.1. The molecule has 1 atom stereocenters. The number of carbonyl (C=O) groups excluding carboxylic acids is 1. The zero-order valence-electron chi connectivity index (χ0n) is 13.7. The van der Waals surface area contributed by atoms with E-state index in [1.165, 1.54) is 12.1 Å². The molecule has 1 aliphatic heterocycles. The number of benzene rings is 2. The number of rotatable bonds is 6. The van der Waals surface area contributed by atoms with Crippen molar-refractivity contribution in [3.05, 3.63) is 54.6 Å². The average Bonchev–Trinajstić information content (AvgIpc) is 3.08. The van der Waals surface area contributed by atoms with Crippen LogP contribution in [0.25, 0.3) is 0 Å². The zero-order chi connectivity index (χ0) is 17.7. The van der Waals surface area contributed by atoms with Crippen molar-refractivity contribution in [1.29, 1.82) is 0 Å². The lowest BCUT2D eigenvalue weighted by molar-refractivity contribution is -0.116. The van der Waals surface area contributed by atoms with Crippen molar-refractivity contribution in [2.24, 2.45) is 0 Å². The summed E-state index contributed by atoms with van der Waals surface area (Å²) in [5.74, 6) is -0.0718. The lowest BCUT2D eigenvalue weighted by Gasteiger charge is -2.11. The summed E-state index contributed by atoms with van der Waals surface area (Å²) in [6, 6.07) is 15.1. The SMILES string of the molecule is O=C(CC1CCCN1)Nc1ccc(S(=O)(=O)Nc2ccccc2)cc1. The highest BCUT2D eigenvalue weighted by atomic mass is 32.2. The van der Waals surface area contributed by atoms with Gasteiger partial charge in [0.2, 0.25) is 5.91 Å². The molecule has 7 heteroatoms. The van der Waals surface area contributed by atoms with E-state index in [9.17, 15) is 13.2 Å². The normalized spacial score (nSPS) is 17.2. The van der Waals surface area contributed by atoms with E-state index in [4.69, 9.17) is 0 Å². The number of nitrogens with one attached hydrogen (secondary N) is 3. The molecule has 6 nitrogen and oxygen atoms in total. The van der Waals surface area contributed by atoms with E-state index < -0.39 is 10.0 Å². The first-order valence-corrected chi connectivity index (χ1v) is 9.72. The van der Waals surface area contributed by atoms with Gasteiger partial charge in [-0.3, -0.25) is 9.52 Å². The second kappa shape index (κ2) is 7.67. The van der Waals surface area contributed by atoms with Crippen LogP contribution in [0.1, 0.15) is 19.3 Å². The van der Waals surface area contributed by atoms with Crippen LogP contribution in [-0.2, 0) is 14.8 Å². The standard InChI is InChI=1S/C18H21N3O3S/c22-18(13-16-7-4-12-19-16)20-14-8-10-17(11-9-14)25(23,24)21-15-5-2-1-3-6-15/h1-3,5-6,8-11,16,19,21H,4,7,12-13H2,(H,20,22). The fourth-order valence-electron chi connectivity index (χ4n) is 2.80. The van der Waals surface area contributed by atoms with Crippen molar-refractivity contribution in [3.8, 4) is 0 Å². The topological polar surface area (TPSA) is 87.3 Å². The van der Waals surface area contributed by atoms with E-state index in [0.29, 0.717) is 17.8 Å². The van der Waals surface area contributed by atoms with Crippen LogP contribution in [0.3, 0.4) is 0 Å². The molecule has 3 rings (SSSR count). The summed E-state index contributed by atoms with van der Waals surface area (Å²) >= 11 is 0. The number of sulfonamides is 1. The molecule has 0 bridgehead atoms. The third-order valence-electron chi connectivity index (χ3n) is 4.07. The first kappa shape index (κ1) is 17.4. The van der Waals surface area contributed by atoms with E-state index >= 15 is 0 Å². The molecule has 1 saturated heterocycles. The molecule has 0 spiro atoms. The van der Waals surface area contributed by atoms with Crippen LogP contribution in [0, 0.1) is 0 Å². The molecule has 0 saturated carbocycles. The summed E-state index contributed by atoms with van der Waals surface area (Å²) in [4.78, 5) is 12.2. The number of para-hydroxylation sites is 1. The van der Waals surface area contributed by atoms with E-state index in [0.717, 1.165) is 19.4 Å². The molecule has 0 aliphatic carbocycles. The van der Waals surface area contributed by atoms with Crippen LogP contribution in [0.15, 0.2) is 59.5 Å². The first-order valence-electron chi connectivity index (χ1n) is 8.24. The molecule has 1 fully saturated rings. The van der Waals surface area contributed by atoms with Gasteiger partial charge < -0.3 is 10.6 Å². The van der Waals surface area contributed by atoms with Gasteiger partial charge in [-0.25, -0.2) is 8.42 Å². The molecular formula is C18H21N3O3S. The van der Waals surface area contributed by atoms with Crippen LogP contribution in [0.4, 0.5) is 11.4 Å². The van der Waals surface area contributed by atoms with Crippen molar-refractivity contribution in [2.45, 2.75) is 30.2 Å². The summed E-state index contributed by atoms with van der Waals surface area (Å²) in [5, 5.41) is 6.08. The van der Waals surface area contributed by atoms with Gasteiger partial charge in [0.15, 0.2) is 0 Å². The predicted octanol–water partition coefficient (Wildman–Crippen LogP) is 2.57. The smallest absolute Gasteiger partial charge is 0.261 e. The van der Waals surface area contributed by atoms with Crippen LogP contribution >= 0.6 is 0 Å². The van der Waals surface area contributed by atoms with E-state index in [2.05, 4.69) is 15.4 Å². The number of hydrogen-bond donors (Lipinski definition) is 3. The Kier molecular flexibility index (Phi) is 5.35. The van der Waals surface area contributed by atoms with Crippen LogP contribution < -0.4 is 15.4 Å².